The minimum absolute atomic E-state index is 0.00226. The quantitative estimate of drug-likeness (QED) is 0.537. The minimum Gasteiger partial charge on any atom is -0.493 e. The molecule has 0 aliphatic carbocycles. The van der Waals surface area contributed by atoms with E-state index in [0.717, 1.165) is 0 Å². The van der Waals surface area contributed by atoms with E-state index in [0.29, 0.717) is 28.7 Å². The monoisotopic (exact) mass is 422 g/mol. The molecule has 2 N–H and O–H groups in total. The van der Waals surface area contributed by atoms with Gasteiger partial charge in [-0.05, 0) is 36.4 Å². The summed E-state index contributed by atoms with van der Waals surface area (Å²) in [5.41, 5.74) is 0.796. The molecule has 31 heavy (non-hydrogen) atoms. The van der Waals surface area contributed by atoms with E-state index in [1.807, 2.05) is 6.07 Å². The van der Waals surface area contributed by atoms with Crippen LogP contribution in [-0.4, -0.2) is 33.1 Å². The van der Waals surface area contributed by atoms with Gasteiger partial charge in [0.2, 0.25) is 5.75 Å². The first-order chi connectivity index (χ1) is 15.0. The van der Waals surface area contributed by atoms with Crippen LogP contribution in [0.1, 0.15) is 16.1 Å². The molecule has 160 valence electrons. The zero-order valence-electron chi connectivity index (χ0n) is 17.3. The number of para-hydroxylation sites is 1. The molecule has 3 rings (SSSR count). The number of nitrogens with one attached hydrogen (secondary N) is 2. The molecule has 0 atom stereocenters. The van der Waals surface area contributed by atoms with Crippen LogP contribution in [0.3, 0.4) is 0 Å². The van der Waals surface area contributed by atoms with Gasteiger partial charge < -0.3 is 29.3 Å². The lowest BCUT2D eigenvalue weighted by molar-refractivity contribution is -0.113. The SMILES string of the molecule is COc1cc(C(=O)N/C(=C/c2ccco2)C(=O)Nc2ccccc2)cc(OC)c1OC. The van der Waals surface area contributed by atoms with Crippen molar-refractivity contribution in [2.45, 2.75) is 0 Å². The van der Waals surface area contributed by atoms with Crippen molar-refractivity contribution in [2.75, 3.05) is 26.6 Å². The molecule has 0 spiro atoms. The Bertz CT molecular complexity index is 1050. The summed E-state index contributed by atoms with van der Waals surface area (Å²) in [5, 5.41) is 5.37. The predicted octanol–water partition coefficient (Wildman–Crippen LogP) is 3.72. The largest absolute Gasteiger partial charge is 0.493 e. The Balaban J connectivity index is 1.91. The van der Waals surface area contributed by atoms with E-state index >= 15 is 0 Å². The first-order valence-electron chi connectivity index (χ1n) is 9.28. The third-order valence-electron chi connectivity index (χ3n) is 4.28. The standard InChI is InChI=1S/C23H22N2O6/c1-28-19-12-15(13-20(29-2)21(19)30-3)22(26)25-18(14-17-10-7-11-31-17)23(27)24-16-8-5-4-6-9-16/h4-14H,1-3H3,(H,24,27)(H,25,26)/b18-14+. The third kappa shape index (κ3) is 5.24. The normalized spacial score (nSPS) is 10.9. The van der Waals surface area contributed by atoms with Gasteiger partial charge in [0.1, 0.15) is 11.5 Å². The van der Waals surface area contributed by atoms with Crippen molar-refractivity contribution in [1.29, 1.82) is 0 Å². The van der Waals surface area contributed by atoms with Crippen molar-refractivity contribution in [1.82, 2.24) is 5.32 Å². The van der Waals surface area contributed by atoms with Crippen LogP contribution in [0, 0.1) is 0 Å². The highest BCUT2D eigenvalue weighted by Crippen LogP contribution is 2.38. The van der Waals surface area contributed by atoms with E-state index in [9.17, 15) is 9.59 Å². The molecule has 0 aliphatic heterocycles. The number of rotatable bonds is 8. The maximum atomic E-state index is 13.0. The van der Waals surface area contributed by atoms with E-state index in [4.69, 9.17) is 18.6 Å². The van der Waals surface area contributed by atoms with Crippen LogP contribution in [0.4, 0.5) is 5.69 Å². The number of methoxy groups -OCH3 is 3. The highest BCUT2D eigenvalue weighted by Gasteiger charge is 2.20. The molecule has 0 unspecified atom stereocenters. The molecule has 0 saturated heterocycles. The molecular formula is C23H22N2O6. The van der Waals surface area contributed by atoms with Gasteiger partial charge >= 0.3 is 0 Å². The van der Waals surface area contributed by atoms with Gasteiger partial charge in [-0.1, -0.05) is 18.2 Å². The predicted molar refractivity (Wildman–Crippen MR) is 115 cm³/mol. The maximum absolute atomic E-state index is 13.0. The van der Waals surface area contributed by atoms with Crippen LogP contribution in [0.15, 0.2) is 71.0 Å². The average Bonchev–Trinajstić information content (AvgIpc) is 3.31. The van der Waals surface area contributed by atoms with Gasteiger partial charge in [-0.25, -0.2) is 0 Å². The lowest BCUT2D eigenvalue weighted by atomic mass is 10.1. The Morgan fingerprint density at radius 1 is 0.903 bits per heavy atom. The van der Waals surface area contributed by atoms with E-state index in [1.54, 1.807) is 36.4 Å². The topological polar surface area (TPSA) is 99.0 Å². The second-order valence-corrected chi connectivity index (χ2v) is 6.26. The van der Waals surface area contributed by atoms with Crippen molar-refractivity contribution in [3.63, 3.8) is 0 Å². The number of hydrogen-bond acceptors (Lipinski definition) is 6. The van der Waals surface area contributed by atoms with Crippen LogP contribution in [0.5, 0.6) is 17.2 Å². The number of hydrogen-bond donors (Lipinski definition) is 2. The van der Waals surface area contributed by atoms with Gasteiger partial charge in [0.05, 0.1) is 27.6 Å². The Kier molecular flexibility index (Phi) is 6.95. The Morgan fingerprint density at radius 2 is 1.58 bits per heavy atom. The molecule has 1 heterocycles. The number of carbonyl (C=O) groups excluding carboxylic acids is 2. The lowest BCUT2D eigenvalue weighted by Crippen LogP contribution is -2.30. The summed E-state index contributed by atoms with van der Waals surface area (Å²) in [5.74, 6) is 0.344. The van der Waals surface area contributed by atoms with Crippen LogP contribution in [0.2, 0.25) is 0 Å². The third-order valence-corrected chi connectivity index (χ3v) is 4.28. The van der Waals surface area contributed by atoms with E-state index in [2.05, 4.69) is 10.6 Å². The summed E-state index contributed by atoms with van der Waals surface area (Å²) in [7, 11) is 4.38. The van der Waals surface area contributed by atoms with Crippen LogP contribution in [0.25, 0.3) is 6.08 Å². The van der Waals surface area contributed by atoms with Gasteiger partial charge in [0.25, 0.3) is 11.8 Å². The molecule has 3 aromatic rings. The van der Waals surface area contributed by atoms with E-state index in [-0.39, 0.29) is 11.3 Å². The fourth-order valence-corrected chi connectivity index (χ4v) is 2.80. The van der Waals surface area contributed by atoms with Crippen molar-refractivity contribution < 1.29 is 28.2 Å². The molecule has 8 nitrogen and oxygen atoms in total. The van der Waals surface area contributed by atoms with Gasteiger partial charge in [-0.15, -0.1) is 0 Å². The summed E-state index contributed by atoms with van der Waals surface area (Å²) in [6.45, 7) is 0. The second-order valence-electron chi connectivity index (χ2n) is 6.26. The van der Waals surface area contributed by atoms with Crippen LogP contribution in [-0.2, 0) is 4.79 Å². The number of anilines is 1. The van der Waals surface area contributed by atoms with Crippen molar-refractivity contribution in [2.24, 2.45) is 0 Å². The molecule has 8 heteroatoms. The Labute approximate surface area is 179 Å². The highest BCUT2D eigenvalue weighted by atomic mass is 16.5. The maximum Gasteiger partial charge on any atom is 0.272 e. The van der Waals surface area contributed by atoms with Gasteiger partial charge in [0.15, 0.2) is 11.5 Å². The van der Waals surface area contributed by atoms with Crippen molar-refractivity contribution >= 4 is 23.6 Å². The molecule has 0 saturated carbocycles. The van der Waals surface area contributed by atoms with Gasteiger partial charge in [-0.2, -0.15) is 0 Å². The second kappa shape index (κ2) is 10.0. The lowest BCUT2D eigenvalue weighted by Gasteiger charge is -2.15. The molecular weight excluding hydrogens is 400 g/mol. The number of carbonyl (C=O) groups is 2. The summed E-state index contributed by atoms with van der Waals surface area (Å²) < 4.78 is 21.2. The summed E-state index contributed by atoms with van der Waals surface area (Å²) in [6.07, 6.45) is 2.91. The minimum atomic E-state index is -0.541. The molecule has 2 amide bonds. The molecule has 0 radical (unpaired) electrons. The Morgan fingerprint density at radius 3 is 2.13 bits per heavy atom. The van der Waals surface area contributed by atoms with Crippen molar-refractivity contribution in [3.05, 3.63) is 77.9 Å². The molecule has 0 fully saturated rings. The van der Waals surface area contributed by atoms with Gasteiger partial charge in [0, 0.05) is 17.3 Å². The fourth-order valence-electron chi connectivity index (χ4n) is 2.80. The zero-order valence-corrected chi connectivity index (χ0v) is 17.3. The molecule has 0 bridgehead atoms. The number of furan rings is 1. The van der Waals surface area contributed by atoms with Crippen LogP contribution >= 0.6 is 0 Å². The Hall–Kier alpha value is -4.20. The summed E-state index contributed by atoms with van der Waals surface area (Å²) in [6, 6.07) is 15.2. The van der Waals surface area contributed by atoms with E-state index < -0.39 is 11.8 Å². The number of benzene rings is 2. The molecule has 1 aromatic heterocycles. The summed E-state index contributed by atoms with van der Waals surface area (Å²) >= 11 is 0. The molecule has 0 aliphatic rings. The zero-order chi connectivity index (χ0) is 22.2. The number of amides is 2. The first kappa shape index (κ1) is 21.5. The fraction of sp³-hybridized carbons (Fsp3) is 0.130. The van der Waals surface area contributed by atoms with Gasteiger partial charge in [-0.3, -0.25) is 9.59 Å². The number of ether oxygens (including phenoxy) is 3. The average molecular weight is 422 g/mol. The van der Waals surface area contributed by atoms with E-state index in [1.165, 1.54) is 45.8 Å². The highest BCUT2D eigenvalue weighted by molar-refractivity contribution is 6.10. The molecule has 2 aromatic carbocycles. The smallest absolute Gasteiger partial charge is 0.272 e. The summed E-state index contributed by atoms with van der Waals surface area (Å²) in [4.78, 5) is 25.8. The first-order valence-corrected chi connectivity index (χ1v) is 9.28. The van der Waals surface area contributed by atoms with Crippen molar-refractivity contribution in [3.8, 4) is 17.2 Å². The van der Waals surface area contributed by atoms with Crippen LogP contribution < -0.4 is 24.8 Å².